The first-order valence-corrected chi connectivity index (χ1v) is 37.1. The van der Waals surface area contributed by atoms with Crippen molar-refractivity contribution in [2.24, 2.45) is 0 Å². The Hall–Kier alpha value is -1.66. The van der Waals surface area contributed by atoms with Gasteiger partial charge in [-0.05, 0) is 44.9 Å². The molecule has 0 aromatic rings. The lowest BCUT2D eigenvalue weighted by Gasteiger charge is -2.22. The molecule has 6 nitrogen and oxygen atoms in total. The van der Waals surface area contributed by atoms with Gasteiger partial charge in [-0.15, -0.1) is 0 Å². The summed E-state index contributed by atoms with van der Waals surface area (Å²) >= 11 is 0. The Morgan fingerprint density at radius 1 is 0.346 bits per heavy atom. The number of hydrogen-bond donors (Lipinski definition) is 3. The number of aliphatic hydroxyl groups excluding tert-OH is 2. The quantitative estimate of drug-likeness (QED) is 0.0320. The first-order valence-electron chi connectivity index (χ1n) is 37.1. The van der Waals surface area contributed by atoms with Gasteiger partial charge >= 0.3 is 5.97 Å². The fourth-order valence-electron chi connectivity index (χ4n) is 11.9. The normalized spacial score (nSPS) is 12.6. The Morgan fingerprint density at radius 2 is 0.617 bits per heavy atom. The second kappa shape index (κ2) is 70.8. The maximum Gasteiger partial charge on any atom is 0.305 e. The van der Waals surface area contributed by atoms with Crippen LogP contribution in [0.4, 0.5) is 0 Å². The van der Waals surface area contributed by atoms with E-state index in [9.17, 15) is 19.8 Å². The van der Waals surface area contributed by atoms with Crippen molar-refractivity contribution in [2.75, 3.05) is 13.2 Å². The highest BCUT2D eigenvalue weighted by Gasteiger charge is 2.20. The Balaban J connectivity index is 3.42. The summed E-state index contributed by atoms with van der Waals surface area (Å²) in [5, 5.41) is 23.5. The number of unbranched alkanes of at least 4 members (excludes halogenated alkanes) is 55. The fourth-order valence-corrected chi connectivity index (χ4v) is 11.9. The highest BCUT2D eigenvalue weighted by atomic mass is 16.5. The number of nitrogens with one attached hydrogen (secondary N) is 1. The lowest BCUT2D eigenvalue weighted by atomic mass is 10.0. The average molecular weight is 1140 g/mol. The van der Waals surface area contributed by atoms with Crippen molar-refractivity contribution in [1.82, 2.24) is 5.32 Å². The summed E-state index contributed by atoms with van der Waals surface area (Å²) in [6, 6.07) is -0.547. The molecule has 0 rings (SSSR count). The third-order valence-corrected chi connectivity index (χ3v) is 17.5. The zero-order valence-corrected chi connectivity index (χ0v) is 55.0. The molecule has 0 spiro atoms. The van der Waals surface area contributed by atoms with Crippen LogP contribution in [0.15, 0.2) is 24.3 Å². The van der Waals surface area contributed by atoms with Gasteiger partial charge in [0.1, 0.15) is 0 Å². The van der Waals surface area contributed by atoms with E-state index in [-0.39, 0.29) is 18.5 Å². The molecule has 2 unspecified atom stereocenters. The minimum Gasteiger partial charge on any atom is -0.465 e. The summed E-state index contributed by atoms with van der Waals surface area (Å²) in [4.78, 5) is 24.7. The van der Waals surface area contributed by atoms with Crippen molar-refractivity contribution in [3.05, 3.63) is 24.3 Å². The summed E-state index contributed by atoms with van der Waals surface area (Å²) in [7, 11) is 0. The molecule has 0 saturated heterocycles. The Kier molecular flexibility index (Phi) is 69.4. The molecule has 2 atom stereocenters. The molecule has 0 bridgehead atoms. The van der Waals surface area contributed by atoms with E-state index in [0.717, 1.165) is 51.4 Å². The van der Waals surface area contributed by atoms with E-state index in [0.29, 0.717) is 25.9 Å². The standard InChI is InChI=1S/C75H145NO5/c1-3-5-7-9-11-13-15-17-19-21-23-24-25-26-27-29-32-35-39-43-47-51-55-59-63-67-73(78)72(71-77)76-74(79)68-64-60-56-52-48-44-40-36-33-30-28-31-34-38-42-46-50-54-58-62-66-70-81-75(80)69-65-61-57-53-49-45-41-37-22-20-18-16-14-12-10-8-6-4-2/h46,50,58,62,72-73,77-78H,3-45,47-49,51-57,59-61,63-71H2,1-2H3,(H,76,79)/b50-46-,62-58-. The molecule has 0 aromatic heterocycles. The molecule has 1 amide bonds. The van der Waals surface area contributed by atoms with Crippen LogP contribution in [0.3, 0.4) is 0 Å². The molecular weight excluding hydrogens is 995 g/mol. The topological polar surface area (TPSA) is 95.9 Å². The highest BCUT2D eigenvalue weighted by molar-refractivity contribution is 5.76. The summed E-state index contributed by atoms with van der Waals surface area (Å²) in [5.74, 6) is -0.0640. The van der Waals surface area contributed by atoms with Crippen LogP contribution in [-0.4, -0.2) is 47.4 Å². The monoisotopic (exact) mass is 1140 g/mol. The van der Waals surface area contributed by atoms with Gasteiger partial charge in [0.25, 0.3) is 0 Å². The molecule has 0 heterocycles. The first kappa shape index (κ1) is 79.3. The largest absolute Gasteiger partial charge is 0.465 e. The number of amides is 1. The minimum atomic E-state index is -0.670. The van der Waals surface area contributed by atoms with Crippen molar-refractivity contribution < 1.29 is 24.5 Å². The second-order valence-electron chi connectivity index (χ2n) is 25.6. The van der Waals surface area contributed by atoms with E-state index in [1.54, 1.807) is 0 Å². The molecule has 0 aliphatic heterocycles. The number of ether oxygens (including phenoxy) is 1. The van der Waals surface area contributed by atoms with Gasteiger partial charge in [0.05, 0.1) is 25.4 Å². The van der Waals surface area contributed by atoms with Crippen LogP contribution < -0.4 is 5.32 Å². The van der Waals surface area contributed by atoms with Gasteiger partial charge in [-0.1, -0.05) is 385 Å². The fraction of sp³-hybridized carbons (Fsp3) is 0.920. The molecule has 3 N–H and O–H groups in total. The van der Waals surface area contributed by atoms with Crippen LogP contribution in [0.25, 0.3) is 0 Å². The molecule has 6 heteroatoms. The van der Waals surface area contributed by atoms with Gasteiger partial charge in [-0.2, -0.15) is 0 Å². The van der Waals surface area contributed by atoms with E-state index >= 15 is 0 Å². The van der Waals surface area contributed by atoms with Crippen molar-refractivity contribution in [3.63, 3.8) is 0 Å². The Morgan fingerprint density at radius 3 is 0.938 bits per heavy atom. The molecule has 0 aromatic carbocycles. The molecule has 0 radical (unpaired) electrons. The van der Waals surface area contributed by atoms with E-state index in [2.05, 4.69) is 43.5 Å². The van der Waals surface area contributed by atoms with Crippen molar-refractivity contribution in [3.8, 4) is 0 Å². The smallest absolute Gasteiger partial charge is 0.305 e. The number of hydrogen-bond acceptors (Lipinski definition) is 5. The summed E-state index contributed by atoms with van der Waals surface area (Å²) in [6.07, 6.45) is 89.7. The highest BCUT2D eigenvalue weighted by Crippen LogP contribution is 2.20. The summed E-state index contributed by atoms with van der Waals surface area (Å²) in [6.45, 7) is 4.89. The van der Waals surface area contributed by atoms with E-state index in [1.807, 2.05) is 0 Å². The van der Waals surface area contributed by atoms with Crippen LogP contribution in [0, 0.1) is 0 Å². The average Bonchev–Trinajstić information content (AvgIpc) is 3.47. The van der Waals surface area contributed by atoms with Crippen molar-refractivity contribution >= 4 is 11.9 Å². The molecule has 0 saturated carbocycles. The molecular formula is C75H145NO5. The van der Waals surface area contributed by atoms with Crippen molar-refractivity contribution in [2.45, 2.75) is 431 Å². The summed E-state index contributed by atoms with van der Waals surface area (Å²) < 4.78 is 5.44. The lowest BCUT2D eigenvalue weighted by molar-refractivity contribution is -0.143. The lowest BCUT2D eigenvalue weighted by Crippen LogP contribution is -2.45. The van der Waals surface area contributed by atoms with Crippen LogP contribution in [0.2, 0.25) is 0 Å². The second-order valence-corrected chi connectivity index (χ2v) is 25.6. The van der Waals surface area contributed by atoms with E-state index in [4.69, 9.17) is 4.74 Å². The number of rotatable bonds is 70. The van der Waals surface area contributed by atoms with Crippen LogP contribution in [-0.2, 0) is 14.3 Å². The zero-order chi connectivity index (χ0) is 58.5. The van der Waals surface area contributed by atoms with Crippen LogP contribution in [0.5, 0.6) is 0 Å². The number of aliphatic hydroxyl groups is 2. The molecule has 0 aliphatic carbocycles. The maximum absolute atomic E-state index is 12.6. The maximum atomic E-state index is 12.6. The zero-order valence-electron chi connectivity index (χ0n) is 55.0. The third-order valence-electron chi connectivity index (χ3n) is 17.5. The number of allylic oxidation sites excluding steroid dienone is 3. The van der Waals surface area contributed by atoms with Gasteiger partial charge in [0, 0.05) is 12.8 Å². The molecule has 480 valence electrons. The Bertz CT molecular complexity index is 1270. The Labute approximate surface area is 507 Å². The SMILES string of the molecule is CCCCCCCCCCCCCCCCCCCCCCCCCCCC(O)C(CO)NC(=O)CCCCCCCCCCCCCCCC/C=C\C/C=C\CCOC(=O)CCCCCCCCCCCCCCCCCCCC. The predicted molar refractivity (Wildman–Crippen MR) is 356 cm³/mol. The van der Waals surface area contributed by atoms with Crippen LogP contribution in [0.1, 0.15) is 418 Å². The number of esters is 1. The molecule has 0 fully saturated rings. The van der Waals surface area contributed by atoms with Gasteiger partial charge < -0.3 is 20.3 Å². The number of carbonyl (C=O) groups is 2. The van der Waals surface area contributed by atoms with Gasteiger partial charge in [0.2, 0.25) is 5.91 Å². The first-order chi connectivity index (χ1) is 40.0. The third kappa shape index (κ3) is 67.3. The van der Waals surface area contributed by atoms with Gasteiger partial charge in [-0.3, -0.25) is 9.59 Å². The van der Waals surface area contributed by atoms with Gasteiger partial charge in [0.15, 0.2) is 0 Å². The summed E-state index contributed by atoms with van der Waals surface area (Å²) in [5.41, 5.74) is 0. The minimum absolute atomic E-state index is 0.0295. The predicted octanol–water partition coefficient (Wildman–Crippen LogP) is 24.1. The molecule has 81 heavy (non-hydrogen) atoms. The van der Waals surface area contributed by atoms with Crippen LogP contribution >= 0.6 is 0 Å². The van der Waals surface area contributed by atoms with Crippen molar-refractivity contribution in [1.29, 1.82) is 0 Å². The van der Waals surface area contributed by atoms with E-state index < -0.39 is 12.1 Å². The van der Waals surface area contributed by atoms with E-state index in [1.165, 1.54) is 334 Å². The van der Waals surface area contributed by atoms with Gasteiger partial charge in [-0.25, -0.2) is 0 Å². The molecule has 0 aliphatic rings. The number of carbonyl (C=O) groups excluding carboxylic acids is 2.